The lowest BCUT2D eigenvalue weighted by molar-refractivity contribution is -0.0547. The van der Waals surface area contributed by atoms with Gasteiger partial charge in [-0.05, 0) is 80.4 Å². The number of halogens is 4. The minimum absolute atomic E-state index is 0.0624. The maximum absolute atomic E-state index is 14.1. The van der Waals surface area contributed by atoms with Crippen LogP contribution in [-0.2, 0) is 4.74 Å². The second-order valence-corrected chi connectivity index (χ2v) is 8.59. The summed E-state index contributed by atoms with van der Waals surface area (Å²) >= 11 is 0. The number of unbranched alkanes of at least 4 members (excludes halogenated alkanes) is 3. The molecule has 0 heterocycles. The molecule has 0 spiro atoms. The molecular formula is C23H32F4O2. The first-order chi connectivity index (χ1) is 14.0. The van der Waals surface area contributed by atoms with Crippen molar-refractivity contribution in [2.75, 3.05) is 6.61 Å². The van der Waals surface area contributed by atoms with Gasteiger partial charge in [-0.2, -0.15) is 8.78 Å². The standard InChI is InChI=1S/C23H32F4O2/c1-2-3-4-5-10-28-19-9-8-15-11-16(6-7-17(15)12-19)18-13-20(24)22(21(25)14-18)29-23(26)27/h13-17,19,23H,2-12H2,1H3. The van der Waals surface area contributed by atoms with E-state index in [2.05, 4.69) is 11.7 Å². The fourth-order valence-corrected chi connectivity index (χ4v) is 5.10. The predicted molar refractivity (Wildman–Crippen MR) is 104 cm³/mol. The minimum Gasteiger partial charge on any atom is -0.429 e. The molecule has 3 rings (SSSR count). The lowest BCUT2D eigenvalue weighted by Crippen LogP contribution is -2.34. The van der Waals surface area contributed by atoms with E-state index in [-0.39, 0.29) is 5.92 Å². The zero-order valence-electron chi connectivity index (χ0n) is 17.1. The largest absolute Gasteiger partial charge is 0.429 e. The number of rotatable bonds is 9. The van der Waals surface area contributed by atoms with Gasteiger partial charge in [-0.25, -0.2) is 8.78 Å². The van der Waals surface area contributed by atoms with Gasteiger partial charge in [0.15, 0.2) is 17.4 Å². The van der Waals surface area contributed by atoms with Crippen LogP contribution in [0.4, 0.5) is 17.6 Å². The van der Waals surface area contributed by atoms with Gasteiger partial charge in [-0.1, -0.05) is 26.2 Å². The lowest BCUT2D eigenvalue weighted by Gasteiger charge is -2.42. The van der Waals surface area contributed by atoms with Crippen LogP contribution >= 0.6 is 0 Å². The molecule has 29 heavy (non-hydrogen) atoms. The van der Waals surface area contributed by atoms with Crippen LogP contribution in [0, 0.1) is 23.5 Å². The van der Waals surface area contributed by atoms with E-state index >= 15 is 0 Å². The van der Waals surface area contributed by atoms with Crippen LogP contribution in [0.2, 0.25) is 0 Å². The molecule has 1 aromatic carbocycles. The summed E-state index contributed by atoms with van der Waals surface area (Å²) in [7, 11) is 0. The molecule has 164 valence electrons. The van der Waals surface area contributed by atoms with Gasteiger partial charge >= 0.3 is 6.61 Å². The van der Waals surface area contributed by atoms with Crippen LogP contribution in [0.15, 0.2) is 12.1 Å². The molecule has 0 bridgehead atoms. The van der Waals surface area contributed by atoms with Crippen molar-refractivity contribution in [3.8, 4) is 5.75 Å². The number of benzene rings is 1. The molecule has 4 atom stereocenters. The van der Waals surface area contributed by atoms with Crippen molar-refractivity contribution in [3.63, 3.8) is 0 Å². The Labute approximate surface area is 171 Å². The Bertz CT molecular complexity index is 629. The first-order valence-corrected chi connectivity index (χ1v) is 11.0. The highest BCUT2D eigenvalue weighted by Gasteiger charge is 2.36. The second-order valence-electron chi connectivity index (χ2n) is 8.59. The molecule has 1 aromatic rings. The maximum atomic E-state index is 14.1. The van der Waals surface area contributed by atoms with Crippen molar-refractivity contribution < 1.29 is 27.0 Å². The van der Waals surface area contributed by atoms with Crippen LogP contribution in [0.3, 0.4) is 0 Å². The van der Waals surface area contributed by atoms with E-state index < -0.39 is 24.0 Å². The average molecular weight is 416 g/mol. The summed E-state index contributed by atoms with van der Waals surface area (Å²) in [6.45, 7) is -0.201. The third kappa shape index (κ3) is 6.09. The Morgan fingerprint density at radius 3 is 2.31 bits per heavy atom. The Morgan fingerprint density at radius 2 is 1.62 bits per heavy atom. The van der Waals surface area contributed by atoms with Gasteiger partial charge in [0.1, 0.15) is 0 Å². The Morgan fingerprint density at radius 1 is 0.931 bits per heavy atom. The third-order valence-electron chi connectivity index (χ3n) is 6.62. The molecule has 0 amide bonds. The summed E-state index contributed by atoms with van der Waals surface area (Å²) < 4.78 is 62.9. The van der Waals surface area contributed by atoms with Crippen LogP contribution < -0.4 is 4.74 Å². The third-order valence-corrected chi connectivity index (χ3v) is 6.62. The van der Waals surface area contributed by atoms with E-state index in [1.165, 1.54) is 19.3 Å². The maximum Gasteiger partial charge on any atom is 0.387 e. The van der Waals surface area contributed by atoms with Crippen molar-refractivity contribution in [1.29, 1.82) is 0 Å². The van der Waals surface area contributed by atoms with Gasteiger partial charge in [0, 0.05) is 6.61 Å². The van der Waals surface area contributed by atoms with E-state index in [0.717, 1.165) is 63.7 Å². The number of fused-ring (bicyclic) bond motifs is 1. The van der Waals surface area contributed by atoms with E-state index in [1.807, 2.05) is 0 Å². The molecule has 6 heteroatoms. The summed E-state index contributed by atoms with van der Waals surface area (Å²) in [6.07, 6.45) is 11.2. The van der Waals surface area contributed by atoms with Gasteiger partial charge in [0.05, 0.1) is 6.10 Å². The van der Waals surface area contributed by atoms with Crippen molar-refractivity contribution >= 4 is 0 Å². The smallest absolute Gasteiger partial charge is 0.387 e. The summed E-state index contributed by atoms with van der Waals surface area (Å²) in [5.74, 6) is -1.89. The first kappa shape index (κ1) is 22.4. The molecule has 2 aliphatic carbocycles. The topological polar surface area (TPSA) is 18.5 Å². The normalized spacial score (nSPS) is 27.1. The molecule has 4 unspecified atom stereocenters. The molecular weight excluding hydrogens is 384 g/mol. The summed E-state index contributed by atoms with van der Waals surface area (Å²) in [5.41, 5.74) is 0.550. The number of ether oxygens (including phenoxy) is 2. The quantitative estimate of drug-likeness (QED) is 0.313. The molecule has 0 aliphatic heterocycles. The zero-order chi connectivity index (χ0) is 20.8. The first-order valence-electron chi connectivity index (χ1n) is 11.0. The van der Waals surface area contributed by atoms with Gasteiger partial charge in [-0.15, -0.1) is 0 Å². The number of hydrogen-bond donors (Lipinski definition) is 0. The SMILES string of the molecule is CCCCCCOC1CCC2CC(c3cc(F)c(OC(F)F)c(F)c3)CCC2C1. The zero-order valence-corrected chi connectivity index (χ0v) is 17.1. The fourth-order valence-electron chi connectivity index (χ4n) is 5.10. The average Bonchev–Trinajstić information content (AvgIpc) is 2.69. The Hall–Kier alpha value is -1.30. The van der Waals surface area contributed by atoms with Crippen molar-refractivity contribution in [1.82, 2.24) is 0 Å². The van der Waals surface area contributed by atoms with Crippen molar-refractivity contribution in [2.24, 2.45) is 11.8 Å². The van der Waals surface area contributed by atoms with Crippen LogP contribution in [0.25, 0.3) is 0 Å². The molecule has 2 aliphatic rings. The highest BCUT2D eigenvalue weighted by Crippen LogP contribution is 2.47. The van der Waals surface area contributed by atoms with Gasteiger partial charge in [0.25, 0.3) is 0 Å². The fraction of sp³-hybridized carbons (Fsp3) is 0.739. The Balaban J connectivity index is 1.52. The summed E-state index contributed by atoms with van der Waals surface area (Å²) in [4.78, 5) is 0. The highest BCUT2D eigenvalue weighted by molar-refractivity contribution is 5.33. The number of alkyl halides is 2. The van der Waals surface area contributed by atoms with E-state index in [4.69, 9.17) is 4.74 Å². The molecule has 0 saturated heterocycles. The predicted octanol–water partition coefficient (Wildman–Crippen LogP) is 7.22. The molecule has 0 radical (unpaired) electrons. The molecule has 0 N–H and O–H groups in total. The van der Waals surface area contributed by atoms with E-state index in [1.54, 1.807) is 0 Å². The Kier molecular flexibility index (Phi) is 8.22. The minimum atomic E-state index is -3.25. The van der Waals surface area contributed by atoms with Gasteiger partial charge in [0.2, 0.25) is 0 Å². The summed E-state index contributed by atoms with van der Waals surface area (Å²) in [5, 5.41) is 0. The molecule has 2 nitrogen and oxygen atoms in total. The van der Waals surface area contributed by atoms with Gasteiger partial charge in [-0.3, -0.25) is 0 Å². The molecule has 2 saturated carbocycles. The van der Waals surface area contributed by atoms with E-state index in [9.17, 15) is 17.6 Å². The van der Waals surface area contributed by atoms with Crippen molar-refractivity contribution in [3.05, 3.63) is 29.3 Å². The van der Waals surface area contributed by atoms with Crippen LogP contribution in [0.1, 0.15) is 82.6 Å². The number of hydrogen-bond acceptors (Lipinski definition) is 2. The van der Waals surface area contributed by atoms with Crippen LogP contribution in [-0.4, -0.2) is 19.3 Å². The summed E-state index contributed by atoms with van der Waals surface area (Å²) in [6, 6.07) is 2.33. The molecule has 0 aromatic heterocycles. The monoisotopic (exact) mass is 416 g/mol. The van der Waals surface area contributed by atoms with Gasteiger partial charge < -0.3 is 9.47 Å². The van der Waals surface area contributed by atoms with Crippen LogP contribution in [0.5, 0.6) is 5.75 Å². The molecule has 2 fully saturated rings. The van der Waals surface area contributed by atoms with E-state index in [0.29, 0.717) is 23.5 Å². The second kappa shape index (κ2) is 10.6. The lowest BCUT2D eigenvalue weighted by atomic mass is 9.65. The highest BCUT2D eigenvalue weighted by atomic mass is 19.3. The van der Waals surface area contributed by atoms with Crippen molar-refractivity contribution in [2.45, 2.75) is 89.8 Å².